The van der Waals surface area contributed by atoms with Gasteiger partial charge in [-0.15, -0.1) is 0 Å². The van der Waals surface area contributed by atoms with Gasteiger partial charge < -0.3 is 4.74 Å². The van der Waals surface area contributed by atoms with Gasteiger partial charge in [-0.25, -0.2) is 0 Å². The number of hydrogen-bond donors (Lipinski definition) is 0. The number of nitrogens with zero attached hydrogens (tertiary/aromatic N) is 2. The molecule has 1 aromatic heterocycles. The van der Waals surface area contributed by atoms with E-state index in [-0.39, 0.29) is 16.7 Å². The summed E-state index contributed by atoms with van der Waals surface area (Å²) in [5, 5.41) is 11.0. The molecular weight excluding hydrogens is 323 g/mol. The summed E-state index contributed by atoms with van der Waals surface area (Å²) >= 11 is 8.97. The van der Waals surface area contributed by atoms with Gasteiger partial charge in [0.2, 0.25) is 0 Å². The van der Waals surface area contributed by atoms with Crippen molar-refractivity contribution in [3.8, 4) is 11.6 Å². The summed E-state index contributed by atoms with van der Waals surface area (Å²) in [6, 6.07) is 9.49. The van der Waals surface area contributed by atoms with Crippen LogP contribution in [0.2, 0.25) is 5.15 Å². The van der Waals surface area contributed by atoms with Crippen molar-refractivity contribution < 1.29 is 9.66 Å². The standard InChI is InChI=1S/C11H6BrClN2O3/c12-7-2-1-3-8(6-7)18-11-9(15(16)17)4-5-10(13)14-11/h1-6H. The van der Waals surface area contributed by atoms with E-state index >= 15 is 0 Å². The fourth-order valence-corrected chi connectivity index (χ4v) is 1.78. The molecule has 0 saturated carbocycles. The lowest BCUT2D eigenvalue weighted by molar-refractivity contribution is -0.386. The van der Waals surface area contributed by atoms with Crippen LogP contribution in [0.1, 0.15) is 0 Å². The molecular formula is C11H6BrClN2O3. The van der Waals surface area contributed by atoms with Crippen molar-refractivity contribution >= 4 is 33.2 Å². The topological polar surface area (TPSA) is 65.3 Å². The third kappa shape index (κ3) is 2.96. The average molecular weight is 330 g/mol. The van der Waals surface area contributed by atoms with E-state index in [1.54, 1.807) is 18.2 Å². The zero-order valence-electron chi connectivity index (χ0n) is 8.84. The molecule has 0 atom stereocenters. The Morgan fingerprint density at radius 3 is 2.78 bits per heavy atom. The van der Waals surface area contributed by atoms with Crippen LogP contribution in [0.5, 0.6) is 11.6 Å². The van der Waals surface area contributed by atoms with Gasteiger partial charge in [0, 0.05) is 10.5 Å². The largest absolute Gasteiger partial charge is 0.434 e. The first-order chi connectivity index (χ1) is 8.56. The molecule has 0 aliphatic rings. The smallest absolute Gasteiger partial charge is 0.331 e. The molecule has 18 heavy (non-hydrogen) atoms. The Balaban J connectivity index is 2.39. The molecule has 0 aliphatic heterocycles. The van der Waals surface area contributed by atoms with Crippen LogP contribution in [0.25, 0.3) is 0 Å². The highest BCUT2D eigenvalue weighted by Gasteiger charge is 2.18. The molecule has 0 radical (unpaired) electrons. The normalized spacial score (nSPS) is 10.1. The Labute approximate surface area is 116 Å². The van der Waals surface area contributed by atoms with Crippen molar-refractivity contribution in [2.75, 3.05) is 0 Å². The maximum Gasteiger partial charge on any atom is 0.331 e. The summed E-state index contributed by atoms with van der Waals surface area (Å²) in [7, 11) is 0. The van der Waals surface area contributed by atoms with Gasteiger partial charge in [-0.1, -0.05) is 33.6 Å². The van der Waals surface area contributed by atoms with E-state index < -0.39 is 4.92 Å². The van der Waals surface area contributed by atoms with E-state index in [0.717, 1.165) is 4.47 Å². The van der Waals surface area contributed by atoms with Crippen LogP contribution >= 0.6 is 27.5 Å². The predicted molar refractivity (Wildman–Crippen MR) is 70.1 cm³/mol. The van der Waals surface area contributed by atoms with Crippen LogP contribution in [0, 0.1) is 10.1 Å². The maximum absolute atomic E-state index is 10.8. The molecule has 0 aliphatic carbocycles. The van der Waals surface area contributed by atoms with Gasteiger partial charge in [-0.2, -0.15) is 4.98 Å². The Morgan fingerprint density at radius 2 is 2.11 bits per heavy atom. The highest BCUT2D eigenvalue weighted by molar-refractivity contribution is 9.10. The lowest BCUT2D eigenvalue weighted by Gasteiger charge is -2.05. The van der Waals surface area contributed by atoms with Gasteiger partial charge in [0.1, 0.15) is 10.9 Å². The van der Waals surface area contributed by atoms with Crippen LogP contribution in [0.15, 0.2) is 40.9 Å². The fourth-order valence-electron chi connectivity index (χ4n) is 1.27. The van der Waals surface area contributed by atoms with Crippen molar-refractivity contribution in [2.45, 2.75) is 0 Å². The third-order valence-corrected chi connectivity index (χ3v) is 2.72. The Kier molecular flexibility index (Phi) is 3.78. The van der Waals surface area contributed by atoms with E-state index in [1.807, 2.05) is 6.07 Å². The van der Waals surface area contributed by atoms with E-state index in [9.17, 15) is 10.1 Å². The molecule has 1 aromatic carbocycles. The molecule has 2 rings (SSSR count). The first kappa shape index (κ1) is 12.8. The van der Waals surface area contributed by atoms with Gasteiger partial charge in [0.25, 0.3) is 0 Å². The first-order valence-electron chi connectivity index (χ1n) is 4.80. The molecule has 2 aromatic rings. The fraction of sp³-hybridized carbons (Fsp3) is 0. The van der Waals surface area contributed by atoms with Gasteiger partial charge in [-0.05, 0) is 24.3 Å². The number of pyridine rings is 1. The Bertz CT molecular complexity index is 607. The van der Waals surface area contributed by atoms with Crippen molar-refractivity contribution in [2.24, 2.45) is 0 Å². The minimum atomic E-state index is -0.573. The summed E-state index contributed by atoms with van der Waals surface area (Å²) in [4.78, 5) is 14.1. The van der Waals surface area contributed by atoms with Gasteiger partial charge in [-0.3, -0.25) is 10.1 Å². The van der Waals surface area contributed by atoms with E-state index in [2.05, 4.69) is 20.9 Å². The highest BCUT2D eigenvalue weighted by atomic mass is 79.9. The lowest BCUT2D eigenvalue weighted by atomic mass is 10.3. The van der Waals surface area contributed by atoms with E-state index in [4.69, 9.17) is 16.3 Å². The summed E-state index contributed by atoms with van der Waals surface area (Å²) in [5.74, 6) is 0.299. The predicted octanol–water partition coefficient (Wildman–Crippen LogP) is 4.20. The molecule has 5 nitrogen and oxygen atoms in total. The van der Waals surface area contributed by atoms with Crippen LogP contribution < -0.4 is 4.74 Å². The number of hydrogen-bond acceptors (Lipinski definition) is 4. The zero-order valence-corrected chi connectivity index (χ0v) is 11.2. The summed E-state index contributed by atoms with van der Waals surface area (Å²) in [6.45, 7) is 0. The SMILES string of the molecule is O=[N+]([O-])c1ccc(Cl)nc1Oc1cccc(Br)c1. The molecule has 1 heterocycles. The Hall–Kier alpha value is -1.66. The highest BCUT2D eigenvalue weighted by Crippen LogP contribution is 2.31. The van der Waals surface area contributed by atoms with Crippen molar-refractivity contribution in [1.29, 1.82) is 0 Å². The molecule has 92 valence electrons. The van der Waals surface area contributed by atoms with E-state index in [1.165, 1.54) is 12.1 Å². The number of aromatic nitrogens is 1. The molecule has 7 heteroatoms. The maximum atomic E-state index is 10.8. The lowest BCUT2D eigenvalue weighted by Crippen LogP contribution is -1.96. The van der Waals surface area contributed by atoms with Crippen LogP contribution in [-0.4, -0.2) is 9.91 Å². The minimum Gasteiger partial charge on any atom is -0.434 e. The zero-order chi connectivity index (χ0) is 13.1. The summed E-state index contributed by atoms with van der Waals surface area (Å²) in [5.41, 5.74) is -0.237. The van der Waals surface area contributed by atoms with Crippen LogP contribution in [0.3, 0.4) is 0 Å². The molecule has 0 unspecified atom stereocenters. The second-order valence-corrected chi connectivity index (χ2v) is 4.58. The van der Waals surface area contributed by atoms with E-state index in [0.29, 0.717) is 5.75 Å². The third-order valence-electron chi connectivity index (χ3n) is 2.01. The number of benzene rings is 1. The molecule has 0 N–H and O–H groups in total. The number of halogens is 2. The molecule has 0 saturated heterocycles. The summed E-state index contributed by atoms with van der Waals surface area (Å²) < 4.78 is 6.16. The van der Waals surface area contributed by atoms with Gasteiger partial charge in [0.15, 0.2) is 0 Å². The monoisotopic (exact) mass is 328 g/mol. The Morgan fingerprint density at radius 1 is 1.33 bits per heavy atom. The molecule has 0 bridgehead atoms. The first-order valence-corrected chi connectivity index (χ1v) is 5.98. The molecule has 0 amide bonds. The van der Waals surface area contributed by atoms with Gasteiger partial charge >= 0.3 is 11.6 Å². The quantitative estimate of drug-likeness (QED) is 0.481. The van der Waals surface area contributed by atoms with Crippen molar-refractivity contribution in [1.82, 2.24) is 4.98 Å². The second kappa shape index (κ2) is 5.32. The molecule has 0 fully saturated rings. The van der Waals surface area contributed by atoms with Crippen LogP contribution in [-0.2, 0) is 0 Å². The van der Waals surface area contributed by atoms with Crippen LogP contribution in [0.4, 0.5) is 5.69 Å². The van der Waals surface area contributed by atoms with Gasteiger partial charge in [0.05, 0.1) is 4.92 Å². The number of ether oxygens (including phenoxy) is 1. The summed E-state index contributed by atoms with van der Waals surface area (Å²) in [6.07, 6.45) is 0. The van der Waals surface area contributed by atoms with Crippen molar-refractivity contribution in [3.63, 3.8) is 0 Å². The average Bonchev–Trinajstić information content (AvgIpc) is 2.28. The number of rotatable bonds is 3. The molecule has 0 spiro atoms. The number of nitro groups is 1. The minimum absolute atomic E-state index is 0.130. The van der Waals surface area contributed by atoms with Crippen molar-refractivity contribution in [3.05, 3.63) is 56.1 Å². The second-order valence-electron chi connectivity index (χ2n) is 3.27.